The molecule has 2 aromatic carbocycles. The first-order valence-corrected chi connectivity index (χ1v) is 12.9. The molecule has 0 saturated carbocycles. The largest absolute Gasteiger partial charge is 0.507 e. The predicted molar refractivity (Wildman–Crippen MR) is 146 cm³/mol. The maximum Gasteiger partial charge on any atom is 0.335 e. The van der Waals surface area contributed by atoms with Gasteiger partial charge in [0.25, 0.3) is 0 Å². The molecule has 0 spiro atoms. The third-order valence-electron chi connectivity index (χ3n) is 6.80. The molecule has 3 aliphatic rings. The first-order chi connectivity index (χ1) is 20.6. The molecule has 0 radical (unpaired) electrons. The zero-order valence-corrected chi connectivity index (χ0v) is 22.2. The number of allylic oxidation sites excluding steroid dienone is 1. The van der Waals surface area contributed by atoms with Gasteiger partial charge in [-0.05, 0) is 29.8 Å². The van der Waals surface area contributed by atoms with Crippen LogP contribution in [-0.2, 0) is 9.53 Å². The Hall–Kier alpha value is -4.67. The minimum absolute atomic E-state index is 0.111. The molecule has 1 unspecified atom stereocenters. The number of rotatable bonds is 10. The molecule has 5 rings (SSSR count). The summed E-state index contributed by atoms with van der Waals surface area (Å²) in [6, 6.07) is 7.93. The van der Waals surface area contributed by atoms with Crippen molar-refractivity contribution in [2.75, 3.05) is 13.4 Å². The minimum atomic E-state index is -1.96. The Bertz CT molecular complexity index is 1490. The zero-order chi connectivity index (χ0) is 30.8. The zero-order valence-electron chi connectivity index (χ0n) is 22.2. The highest BCUT2D eigenvalue weighted by molar-refractivity contribution is 6.14. The van der Waals surface area contributed by atoms with Crippen molar-refractivity contribution in [3.8, 4) is 28.7 Å². The van der Waals surface area contributed by atoms with Crippen LogP contribution in [0.5, 0.6) is 28.7 Å². The molecular weight excluding hydrogens is 572 g/mol. The molecule has 3 aliphatic heterocycles. The number of aromatic hydroxyl groups is 1. The van der Waals surface area contributed by atoms with Gasteiger partial charge in [-0.2, -0.15) is 0 Å². The Labute approximate surface area is 243 Å². The first-order valence-electron chi connectivity index (χ1n) is 12.9. The summed E-state index contributed by atoms with van der Waals surface area (Å²) >= 11 is 0. The van der Waals surface area contributed by atoms with E-state index in [1.165, 1.54) is 6.08 Å². The van der Waals surface area contributed by atoms with Gasteiger partial charge in [0.2, 0.25) is 12.0 Å². The maximum absolute atomic E-state index is 11.5. The third kappa shape index (κ3) is 6.11. The average Bonchev–Trinajstić information content (AvgIpc) is 3.39. The van der Waals surface area contributed by atoms with Crippen molar-refractivity contribution in [2.24, 2.45) is 4.99 Å². The van der Waals surface area contributed by atoms with Crippen LogP contribution >= 0.6 is 0 Å². The molecule has 15 nitrogen and oxygen atoms in total. The number of nitrogens with zero attached hydrogens (tertiary/aromatic N) is 1. The van der Waals surface area contributed by atoms with E-state index >= 15 is 0 Å². The topological polar surface area (TPSA) is 241 Å². The number of benzene rings is 2. The second-order valence-corrected chi connectivity index (χ2v) is 9.63. The van der Waals surface area contributed by atoms with Crippen LogP contribution in [0.4, 0.5) is 0 Å². The van der Waals surface area contributed by atoms with Gasteiger partial charge >= 0.3 is 5.97 Å². The van der Waals surface area contributed by atoms with Gasteiger partial charge in [0.1, 0.15) is 53.1 Å². The van der Waals surface area contributed by atoms with Gasteiger partial charge < -0.3 is 59.4 Å². The molecule has 15 heteroatoms. The number of carbonyl (C=O) groups is 1. The molecular formula is C28H28N2O13. The van der Waals surface area contributed by atoms with E-state index in [9.17, 15) is 40.5 Å². The van der Waals surface area contributed by atoms with Gasteiger partial charge in [-0.3, -0.25) is 5.41 Å². The SMILES string of the molecule is N=C1C=CC(CCOc2ccc(C3C=C(O)c4c(cc(O[C@@H]5O[C@H](C(=O)O)[C@@H](O)[C@@H](O)[C@H]5O)c(OCO)c4O)O3)cc2)=N1. The number of hydrogen-bond donors (Lipinski definition) is 8. The number of aliphatic imine (C=N–C) groups is 1. The summed E-state index contributed by atoms with van der Waals surface area (Å²) in [7, 11) is 0. The third-order valence-corrected chi connectivity index (χ3v) is 6.80. The molecule has 2 aromatic rings. The van der Waals surface area contributed by atoms with E-state index in [1.54, 1.807) is 36.4 Å². The van der Waals surface area contributed by atoms with Crippen molar-refractivity contribution >= 4 is 23.3 Å². The van der Waals surface area contributed by atoms with Crippen molar-refractivity contribution in [2.45, 2.75) is 43.2 Å². The van der Waals surface area contributed by atoms with Gasteiger partial charge in [0, 0.05) is 24.3 Å². The number of carboxylic acid groups (broad SMARTS) is 1. The highest BCUT2D eigenvalue weighted by Gasteiger charge is 2.48. The number of hydrogen-bond acceptors (Lipinski definition) is 13. The number of aliphatic carboxylic acids is 1. The van der Waals surface area contributed by atoms with E-state index < -0.39 is 72.6 Å². The Balaban J connectivity index is 1.35. The number of aliphatic hydroxyl groups is 5. The van der Waals surface area contributed by atoms with Crippen LogP contribution in [0.2, 0.25) is 0 Å². The summed E-state index contributed by atoms with van der Waals surface area (Å²) in [6.45, 7) is -0.612. The lowest BCUT2D eigenvalue weighted by Gasteiger charge is -2.38. The molecule has 1 fully saturated rings. The lowest BCUT2D eigenvalue weighted by Crippen LogP contribution is -2.61. The Morgan fingerprint density at radius 1 is 1.02 bits per heavy atom. The van der Waals surface area contributed by atoms with Crippen molar-refractivity contribution < 1.29 is 64.2 Å². The van der Waals surface area contributed by atoms with E-state index in [1.807, 2.05) is 0 Å². The van der Waals surface area contributed by atoms with Gasteiger partial charge in [-0.15, -0.1) is 0 Å². The molecule has 43 heavy (non-hydrogen) atoms. The summed E-state index contributed by atoms with van der Waals surface area (Å²) in [4.78, 5) is 15.5. The number of ether oxygens (including phenoxy) is 5. The van der Waals surface area contributed by atoms with Crippen LogP contribution in [0.1, 0.15) is 23.7 Å². The fourth-order valence-corrected chi connectivity index (χ4v) is 4.64. The van der Waals surface area contributed by atoms with Crippen LogP contribution in [0.25, 0.3) is 5.76 Å². The van der Waals surface area contributed by atoms with E-state index in [-0.39, 0.29) is 17.1 Å². The van der Waals surface area contributed by atoms with Crippen molar-refractivity contribution in [1.82, 2.24) is 0 Å². The predicted octanol–water partition coefficient (Wildman–Crippen LogP) is 0.781. The number of amidine groups is 1. The van der Waals surface area contributed by atoms with Crippen LogP contribution < -0.4 is 18.9 Å². The highest BCUT2D eigenvalue weighted by atomic mass is 16.7. The maximum atomic E-state index is 11.5. The van der Waals surface area contributed by atoms with Gasteiger partial charge in [0.05, 0.1) is 6.61 Å². The van der Waals surface area contributed by atoms with Crippen LogP contribution in [0.15, 0.2) is 53.6 Å². The second kappa shape index (κ2) is 12.3. The Morgan fingerprint density at radius 3 is 2.42 bits per heavy atom. The molecule has 0 bridgehead atoms. The van der Waals surface area contributed by atoms with Gasteiger partial charge in [-0.1, -0.05) is 12.1 Å². The quantitative estimate of drug-likeness (QED) is 0.176. The van der Waals surface area contributed by atoms with E-state index in [4.69, 9.17) is 29.1 Å². The summed E-state index contributed by atoms with van der Waals surface area (Å²) in [5.74, 6) is -3.02. The molecule has 6 atom stereocenters. The Morgan fingerprint density at radius 2 is 1.77 bits per heavy atom. The first kappa shape index (κ1) is 29.8. The van der Waals surface area contributed by atoms with E-state index in [0.29, 0.717) is 24.3 Å². The van der Waals surface area contributed by atoms with Gasteiger partial charge in [-0.25, -0.2) is 9.79 Å². The monoisotopic (exact) mass is 600 g/mol. The van der Waals surface area contributed by atoms with Crippen LogP contribution in [0.3, 0.4) is 0 Å². The second-order valence-electron chi connectivity index (χ2n) is 9.63. The van der Waals surface area contributed by atoms with E-state index in [0.717, 1.165) is 11.8 Å². The fourth-order valence-electron chi connectivity index (χ4n) is 4.64. The number of phenols is 1. The molecule has 0 aliphatic carbocycles. The number of aliphatic hydroxyl groups excluding tert-OH is 5. The summed E-state index contributed by atoms with van der Waals surface area (Å²) in [6.07, 6.45) is -5.33. The van der Waals surface area contributed by atoms with Crippen LogP contribution in [0, 0.1) is 5.41 Å². The number of phenolic OH excluding ortho intramolecular Hbond substituents is 1. The molecule has 0 aromatic heterocycles. The number of nitrogens with one attached hydrogen (secondary N) is 1. The number of carboxylic acids is 1. The lowest BCUT2D eigenvalue weighted by molar-refractivity contribution is -0.271. The van der Waals surface area contributed by atoms with Crippen LogP contribution in [-0.4, -0.2) is 97.4 Å². The molecule has 1 saturated heterocycles. The normalized spacial score (nSPS) is 26.2. The van der Waals surface area contributed by atoms with Crippen molar-refractivity contribution in [3.05, 3.63) is 59.7 Å². The average molecular weight is 601 g/mol. The standard InChI is InChI=1S/C28H28N2O13/c29-19-6-3-13(30-19)7-8-39-14-4-1-12(2-5-14)16-9-15(32)20-17(41-16)10-18(25(21(20)33)40-11-31)42-28-24(36)22(34)23(35)26(43-28)27(37)38/h1-6,9-10,16,22-24,26,28-29,31-36H,7-8,11H2,(H,37,38)/t16?,22-,23+,24-,26+,28-/m1/s1. The van der Waals surface area contributed by atoms with Crippen molar-refractivity contribution in [1.29, 1.82) is 5.41 Å². The molecule has 0 amide bonds. The fraction of sp³-hybridized carbons (Fsp3) is 0.321. The summed E-state index contributed by atoms with van der Waals surface area (Å²) in [5, 5.41) is 78.2. The van der Waals surface area contributed by atoms with Gasteiger partial charge in [0.15, 0.2) is 24.4 Å². The Kier molecular flexibility index (Phi) is 8.52. The van der Waals surface area contributed by atoms with Crippen molar-refractivity contribution in [3.63, 3.8) is 0 Å². The summed E-state index contributed by atoms with van der Waals surface area (Å²) < 4.78 is 27.5. The number of fused-ring (bicyclic) bond motifs is 1. The minimum Gasteiger partial charge on any atom is -0.507 e. The van der Waals surface area contributed by atoms with E-state index in [2.05, 4.69) is 4.99 Å². The molecule has 8 N–H and O–H groups in total. The molecule has 3 heterocycles. The highest BCUT2D eigenvalue weighted by Crippen LogP contribution is 2.51. The lowest BCUT2D eigenvalue weighted by atomic mass is 9.99. The smallest absolute Gasteiger partial charge is 0.335 e. The summed E-state index contributed by atoms with van der Waals surface area (Å²) in [5.41, 5.74) is 1.13. The molecule has 228 valence electrons.